The highest BCUT2D eigenvalue weighted by molar-refractivity contribution is 5.89. The first-order valence-electron chi connectivity index (χ1n) is 7.56. The number of alkyl halides is 1. The standard InChI is InChI=1S/C17H20FN5/c1-11-4-5-13(15(8-11)19-9-12(2)18)22-17-16-14(20-10-21-17)6-7-23(16)3/h4-8,10,12,19H,9H2,1-3H3,(H,20,21,22). The molecule has 0 saturated heterocycles. The molecule has 0 saturated carbocycles. The number of fused-ring (bicyclic) bond motifs is 1. The number of hydrogen-bond donors (Lipinski definition) is 2. The number of benzene rings is 1. The number of nitrogens with one attached hydrogen (secondary N) is 2. The first-order chi connectivity index (χ1) is 11.0. The molecule has 0 radical (unpaired) electrons. The molecule has 0 amide bonds. The minimum Gasteiger partial charge on any atom is -0.380 e. The second-order valence-corrected chi connectivity index (χ2v) is 5.72. The summed E-state index contributed by atoms with van der Waals surface area (Å²) in [5, 5.41) is 6.48. The number of halogens is 1. The van der Waals surface area contributed by atoms with Gasteiger partial charge in [0.25, 0.3) is 0 Å². The third-order valence-corrected chi connectivity index (χ3v) is 3.66. The zero-order chi connectivity index (χ0) is 16.4. The van der Waals surface area contributed by atoms with E-state index < -0.39 is 6.17 Å². The molecule has 0 aliphatic rings. The molecule has 120 valence electrons. The Bertz CT molecular complexity index is 825. The van der Waals surface area contributed by atoms with Gasteiger partial charge >= 0.3 is 0 Å². The lowest BCUT2D eigenvalue weighted by Gasteiger charge is -2.15. The van der Waals surface area contributed by atoms with E-state index in [-0.39, 0.29) is 6.54 Å². The highest BCUT2D eigenvalue weighted by atomic mass is 19.1. The number of aryl methyl sites for hydroxylation is 2. The summed E-state index contributed by atoms with van der Waals surface area (Å²) < 4.78 is 15.1. The van der Waals surface area contributed by atoms with Crippen LogP contribution in [0, 0.1) is 6.92 Å². The quantitative estimate of drug-likeness (QED) is 0.752. The van der Waals surface area contributed by atoms with Crippen molar-refractivity contribution >= 4 is 28.2 Å². The van der Waals surface area contributed by atoms with Crippen LogP contribution in [0.25, 0.3) is 11.0 Å². The molecule has 3 aromatic rings. The lowest BCUT2D eigenvalue weighted by atomic mass is 10.2. The van der Waals surface area contributed by atoms with E-state index in [9.17, 15) is 4.39 Å². The fourth-order valence-corrected chi connectivity index (χ4v) is 2.50. The second-order valence-electron chi connectivity index (χ2n) is 5.72. The van der Waals surface area contributed by atoms with Gasteiger partial charge in [-0.25, -0.2) is 14.4 Å². The van der Waals surface area contributed by atoms with Gasteiger partial charge in [0.1, 0.15) is 18.0 Å². The molecule has 0 aliphatic heterocycles. The fraction of sp³-hybridized carbons (Fsp3) is 0.294. The lowest BCUT2D eigenvalue weighted by molar-refractivity contribution is 0.378. The molecule has 0 aliphatic carbocycles. The van der Waals surface area contributed by atoms with Gasteiger partial charge in [-0.05, 0) is 37.6 Å². The summed E-state index contributed by atoms with van der Waals surface area (Å²) in [5.41, 5.74) is 4.63. The molecule has 2 aromatic heterocycles. The summed E-state index contributed by atoms with van der Waals surface area (Å²) in [7, 11) is 1.95. The Balaban J connectivity index is 1.97. The molecule has 1 atom stereocenters. The number of nitrogens with zero attached hydrogens (tertiary/aromatic N) is 3. The van der Waals surface area contributed by atoms with Gasteiger partial charge in [-0.1, -0.05) is 6.07 Å². The molecule has 0 spiro atoms. The van der Waals surface area contributed by atoms with Crippen LogP contribution in [0.4, 0.5) is 21.6 Å². The Morgan fingerprint density at radius 2 is 2.04 bits per heavy atom. The van der Waals surface area contributed by atoms with Crippen LogP contribution in [0.3, 0.4) is 0 Å². The van der Waals surface area contributed by atoms with Crippen molar-refractivity contribution in [2.24, 2.45) is 7.05 Å². The fourth-order valence-electron chi connectivity index (χ4n) is 2.50. The Hall–Kier alpha value is -2.63. The second kappa shape index (κ2) is 6.24. The zero-order valence-electron chi connectivity index (χ0n) is 13.5. The summed E-state index contributed by atoms with van der Waals surface area (Å²) in [5.74, 6) is 0.725. The minimum atomic E-state index is -0.915. The Morgan fingerprint density at radius 3 is 2.83 bits per heavy atom. The van der Waals surface area contributed by atoms with Crippen LogP contribution >= 0.6 is 0 Å². The summed E-state index contributed by atoms with van der Waals surface area (Å²) in [6, 6.07) is 7.92. The van der Waals surface area contributed by atoms with Gasteiger partial charge in [0.15, 0.2) is 5.82 Å². The largest absolute Gasteiger partial charge is 0.380 e. The smallest absolute Gasteiger partial charge is 0.158 e. The van der Waals surface area contributed by atoms with E-state index >= 15 is 0 Å². The summed E-state index contributed by atoms with van der Waals surface area (Å²) in [6.07, 6.45) is 2.57. The van der Waals surface area contributed by atoms with Crippen LogP contribution in [0.1, 0.15) is 12.5 Å². The van der Waals surface area contributed by atoms with Crippen molar-refractivity contribution in [3.05, 3.63) is 42.4 Å². The molecule has 23 heavy (non-hydrogen) atoms. The number of anilines is 3. The van der Waals surface area contributed by atoms with E-state index in [0.717, 1.165) is 33.8 Å². The van der Waals surface area contributed by atoms with E-state index in [1.54, 1.807) is 0 Å². The van der Waals surface area contributed by atoms with Crippen molar-refractivity contribution < 1.29 is 4.39 Å². The SMILES string of the molecule is Cc1ccc(Nc2ncnc3ccn(C)c23)c(NCC(C)F)c1. The van der Waals surface area contributed by atoms with Crippen LogP contribution in [0.15, 0.2) is 36.8 Å². The maximum absolute atomic E-state index is 13.2. The highest BCUT2D eigenvalue weighted by Gasteiger charge is 2.10. The zero-order valence-corrected chi connectivity index (χ0v) is 13.5. The van der Waals surface area contributed by atoms with E-state index in [1.165, 1.54) is 13.3 Å². The maximum Gasteiger partial charge on any atom is 0.158 e. The van der Waals surface area contributed by atoms with Crippen molar-refractivity contribution in [1.29, 1.82) is 0 Å². The van der Waals surface area contributed by atoms with Gasteiger partial charge in [-0.3, -0.25) is 0 Å². The Morgan fingerprint density at radius 1 is 1.22 bits per heavy atom. The van der Waals surface area contributed by atoms with Crippen LogP contribution < -0.4 is 10.6 Å². The predicted octanol–water partition coefficient (Wildman–Crippen LogP) is 3.79. The molecule has 1 unspecified atom stereocenters. The van der Waals surface area contributed by atoms with Gasteiger partial charge < -0.3 is 15.2 Å². The molecule has 2 heterocycles. The number of aromatic nitrogens is 3. The van der Waals surface area contributed by atoms with Gasteiger partial charge in [0, 0.05) is 19.8 Å². The van der Waals surface area contributed by atoms with Crippen molar-refractivity contribution in [2.75, 3.05) is 17.2 Å². The first-order valence-corrected chi connectivity index (χ1v) is 7.56. The number of rotatable bonds is 5. The predicted molar refractivity (Wildman–Crippen MR) is 92.0 cm³/mol. The molecule has 0 fully saturated rings. The Labute approximate surface area is 134 Å². The average Bonchev–Trinajstić information content (AvgIpc) is 2.90. The van der Waals surface area contributed by atoms with E-state index in [2.05, 4.69) is 20.6 Å². The third-order valence-electron chi connectivity index (χ3n) is 3.66. The molecule has 5 nitrogen and oxygen atoms in total. The molecular weight excluding hydrogens is 293 g/mol. The highest BCUT2D eigenvalue weighted by Crippen LogP contribution is 2.29. The van der Waals surface area contributed by atoms with Gasteiger partial charge in [-0.2, -0.15) is 0 Å². The normalized spacial score (nSPS) is 12.3. The maximum atomic E-state index is 13.2. The molecular formula is C17H20FN5. The van der Waals surface area contributed by atoms with Crippen LogP contribution in [-0.2, 0) is 7.05 Å². The van der Waals surface area contributed by atoms with Crippen LogP contribution in [0.5, 0.6) is 0 Å². The van der Waals surface area contributed by atoms with Gasteiger partial charge in [0.05, 0.1) is 16.9 Å². The van der Waals surface area contributed by atoms with E-state index in [4.69, 9.17) is 0 Å². The summed E-state index contributed by atoms with van der Waals surface area (Å²) in [4.78, 5) is 8.61. The van der Waals surface area contributed by atoms with Crippen molar-refractivity contribution in [3.8, 4) is 0 Å². The molecule has 3 rings (SSSR count). The first kappa shape index (κ1) is 15.3. The molecule has 0 bridgehead atoms. The monoisotopic (exact) mass is 313 g/mol. The van der Waals surface area contributed by atoms with Gasteiger partial charge in [-0.15, -0.1) is 0 Å². The van der Waals surface area contributed by atoms with E-state index in [0.29, 0.717) is 0 Å². The summed E-state index contributed by atoms with van der Waals surface area (Å²) in [6.45, 7) is 3.81. The topological polar surface area (TPSA) is 54.8 Å². The minimum absolute atomic E-state index is 0.265. The molecule has 6 heteroatoms. The van der Waals surface area contributed by atoms with Crippen molar-refractivity contribution in [1.82, 2.24) is 14.5 Å². The van der Waals surface area contributed by atoms with Crippen LogP contribution in [0.2, 0.25) is 0 Å². The number of hydrogen-bond acceptors (Lipinski definition) is 4. The van der Waals surface area contributed by atoms with Crippen molar-refractivity contribution in [3.63, 3.8) is 0 Å². The summed E-state index contributed by atoms with van der Waals surface area (Å²) >= 11 is 0. The van der Waals surface area contributed by atoms with E-state index in [1.807, 2.05) is 49.0 Å². The molecule has 2 N–H and O–H groups in total. The third kappa shape index (κ3) is 3.26. The van der Waals surface area contributed by atoms with Gasteiger partial charge in [0.2, 0.25) is 0 Å². The van der Waals surface area contributed by atoms with Crippen LogP contribution in [-0.4, -0.2) is 27.3 Å². The lowest BCUT2D eigenvalue weighted by Crippen LogP contribution is -2.12. The Kier molecular flexibility index (Phi) is 4.14. The molecule has 1 aromatic carbocycles. The van der Waals surface area contributed by atoms with Crippen molar-refractivity contribution in [2.45, 2.75) is 20.0 Å². The average molecular weight is 313 g/mol.